The van der Waals surface area contributed by atoms with Crippen LogP contribution in [0.5, 0.6) is 0 Å². The van der Waals surface area contributed by atoms with Gasteiger partial charge >= 0.3 is 6.09 Å². The van der Waals surface area contributed by atoms with E-state index in [0.29, 0.717) is 12.1 Å². The first kappa shape index (κ1) is 19.6. The van der Waals surface area contributed by atoms with Gasteiger partial charge in [0.25, 0.3) is 0 Å². The number of nitrogens with one attached hydrogen (secondary N) is 1. The van der Waals surface area contributed by atoms with Gasteiger partial charge in [-0.2, -0.15) is 10.2 Å². The van der Waals surface area contributed by atoms with Crippen molar-refractivity contribution in [2.45, 2.75) is 20.0 Å². The van der Waals surface area contributed by atoms with Gasteiger partial charge < -0.3 is 9.84 Å². The number of hydrogen-bond donors (Lipinski definition) is 2. The van der Waals surface area contributed by atoms with Crippen molar-refractivity contribution in [2.24, 2.45) is 0 Å². The zero-order chi connectivity index (χ0) is 19.8. The third-order valence-corrected chi connectivity index (χ3v) is 4.07. The second-order valence-electron chi connectivity index (χ2n) is 6.28. The third kappa shape index (κ3) is 5.18. The molecule has 7 nitrogen and oxygen atoms in total. The van der Waals surface area contributed by atoms with Crippen molar-refractivity contribution in [3.8, 4) is 11.1 Å². The van der Waals surface area contributed by atoms with Gasteiger partial charge in [0.15, 0.2) is 0 Å². The van der Waals surface area contributed by atoms with Gasteiger partial charge in [0, 0.05) is 18.4 Å². The SMILES string of the molecule is Cc1cccc(COC(=O)N(OCCCO)c2ccc(-c3cn[nH]c3)cc2)c1. The molecule has 1 aromatic heterocycles. The largest absolute Gasteiger partial charge is 0.443 e. The number of benzene rings is 2. The van der Waals surface area contributed by atoms with E-state index < -0.39 is 6.09 Å². The molecule has 3 rings (SSSR count). The van der Waals surface area contributed by atoms with Gasteiger partial charge in [0.2, 0.25) is 0 Å². The Morgan fingerprint density at radius 2 is 2.00 bits per heavy atom. The van der Waals surface area contributed by atoms with E-state index in [1.165, 1.54) is 0 Å². The number of aryl methyl sites for hydroxylation is 1. The highest BCUT2D eigenvalue weighted by Gasteiger charge is 2.19. The Morgan fingerprint density at radius 3 is 2.68 bits per heavy atom. The normalized spacial score (nSPS) is 10.6. The Hall–Kier alpha value is -3.16. The van der Waals surface area contributed by atoms with Gasteiger partial charge in [-0.15, -0.1) is 0 Å². The summed E-state index contributed by atoms with van der Waals surface area (Å²) in [6.07, 6.45) is 3.31. The monoisotopic (exact) mass is 381 g/mol. The molecule has 0 fully saturated rings. The van der Waals surface area contributed by atoms with Crippen molar-refractivity contribution in [2.75, 3.05) is 18.3 Å². The number of carbonyl (C=O) groups excluding carboxylic acids is 1. The van der Waals surface area contributed by atoms with E-state index >= 15 is 0 Å². The number of anilines is 1. The number of aromatic nitrogens is 2. The topological polar surface area (TPSA) is 87.7 Å². The summed E-state index contributed by atoms with van der Waals surface area (Å²) in [5.41, 5.74) is 4.44. The van der Waals surface area contributed by atoms with Gasteiger partial charge in [0.05, 0.1) is 18.5 Å². The minimum Gasteiger partial charge on any atom is -0.443 e. The lowest BCUT2D eigenvalue weighted by Gasteiger charge is -2.21. The molecular weight excluding hydrogens is 358 g/mol. The van der Waals surface area contributed by atoms with Crippen molar-refractivity contribution < 1.29 is 19.5 Å². The summed E-state index contributed by atoms with van der Waals surface area (Å²) in [4.78, 5) is 18.2. The minimum absolute atomic E-state index is 0.0222. The molecule has 0 saturated carbocycles. The molecule has 2 N–H and O–H groups in total. The first-order chi connectivity index (χ1) is 13.7. The summed E-state index contributed by atoms with van der Waals surface area (Å²) in [5.74, 6) is 0. The first-order valence-electron chi connectivity index (χ1n) is 9.03. The Morgan fingerprint density at radius 1 is 1.18 bits per heavy atom. The quantitative estimate of drug-likeness (QED) is 0.457. The van der Waals surface area contributed by atoms with Gasteiger partial charge in [-0.05, 0) is 36.6 Å². The summed E-state index contributed by atoms with van der Waals surface area (Å²) in [5, 5.41) is 16.8. The van der Waals surface area contributed by atoms with Crippen molar-refractivity contribution in [1.82, 2.24) is 10.2 Å². The molecule has 146 valence electrons. The van der Waals surface area contributed by atoms with Crippen LogP contribution in [0.3, 0.4) is 0 Å². The summed E-state index contributed by atoms with van der Waals surface area (Å²) in [6, 6.07) is 15.1. The molecule has 0 saturated heterocycles. The number of aliphatic hydroxyl groups is 1. The Kier molecular flexibility index (Phi) is 6.78. The first-order valence-corrected chi connectivity index (χ1v) is 9.03. The van der Waals surface area contributed by atoms with Crippen LogP contribution in [0.15, 0.2) is 60.9 Å². The number of hydroxylamine groups is 1. The minimum atomic E-state index is -0.615. The highest BCUT2D eigenvalue weighted by molar-refractivity contribution is 5.85. The average Bonchev–Trinajstić information content (AvgIpc) is 3.25. The second-order valence-corrected chi connectivity index (χ2v) is 6.28. The Balaban J connectivity index is 1.71. The van der Waals surface area contributed by atoms with Gasteiger partial charge in [-0.25, -0.2) is 4.79 Å². The highest BCUT2D eigenvalue weighted by atomic mass is 16.7. The van der Waals surface area contributed by atoms with Crippen LogP contribution in [0.4, 0.5) is 10.5 Å². The molecule has 1 heterocycles. The Bertz CT molecular complexity index is 879. The molecule has 0 radical (unpaired) electrons. The molecule has 0 aliphatic rings. The van der Waals surface area contributed by atoms with Crippen LogP contribution in [0.1, 0.15) is 17.5 Å². The highest BCUT2D eigenvalue weighted by Crippen LogP contribution is 2.23. The van der Waals surface area contributed by atoms with E-state index in [1.54, 1.807) is 24.5 Å². The lowest BCUT2D eigenvalue weighted by molar-refractivity contribution is 0.0648. The fourth-order valence-corrected chi connectivity index (χ4v) is 2.66. The van der Waals surface area contributed by atoms with Crippen molar-refractivity contribution in [3.63, 3.8) is 0 Å². The van der Waals surface area contributed by atoms with Crippen molar-refractivity contribution >= 4 is 11.8 Å². The van der Waals surface area contributed by atoms with Crippen LogP contribution in [-0.2, 0) is 16.2 Å². The van der Waals surface area contributed by atoms with Crippen molar-refractivity contribution in [3.05, 3.63) is 72.1 Å². The molecule has 0 spiro atoms. The third-order valence-electron chi connectivity index (χ3n) is 4.07. The molecule has 0 atom stereocenters. The summed E-state index contributed by atoms with van der Waals surface area (Å²) < 4.78 is 5.42. The van der Waals surface area contributed by atoms with E-state index in [0.717, 1.165) is 27.3 Å². The number of aromatic amines is 1. The number of ether oxygens (including phenoxy) is 1. The predicted molar refractivity (Wildman–Crippen MR) is 106 cm³/mol. The number of nitrogens with zero attached hydrogens (tertiary/aromatic N) is 2. The Labute approximate surface area is 163 Å². The van der Waals surface area contributed by atoms with E-state index in [4.69, 9.17) is 14.7 Å². The molecule has 0 aliphatic heterocycles. The van der Waals surface area contributed by atoms with Crippen LogP contribution in [0, 0.1) is 6.92 Å². The number of amides is 1. The van der Waals surface area contributed by atoms with Gasteiger partial charge in [0.1, 0.15) is 6.61 Å². The molecule has 28 heavy (non-hydrogen) atoms. The fourth-order valence-electron chi connectivity index (χ4n) is 2.66. The fraction of sp³-hybridized carbons (Fsp3) is 0.238. The molecular formula is C21H23N3O4. The van der Waals surface area contributed by atoms with E-state index in [9.17, 15) is 4.79 Å². The number of rotatable bonds is 8. The van der Waals surface area contributed by atoms with Crippen LogP contribution < -0.4 is 5.06 Å². The van der Waals surface area contributed by atoms with E-state index in [-0.39, 0.29) is 19.8 Å². The second kappa shape index (κ2) is 9.68. The van der Waals surface area contributed by atoms with Gasteiger partial charge in [-0.3, -0.25) is 9.94 Å². The van der Waals surface area contributed by atoms with Crippen LogP contribution in [0.2, 0.25) is 0 Å². The maximum atomic E-state index is 12.6. The van der Waals surface area contributed by atoms with Crippen molar-refractivity contribution in [1.29, 1.82) is 0 Å². The number of H-pyrrole nitrogens is 1. The summed E-state index contributed by atoms with van der Waals surface area (Å²) >= 11 is 0. The van der Waals surface area contributed by atoms with E-state index in [1.807, 2.05) is 43.3 Å². The lowest BCUT2D eigenvalue weighted by Crippen LogP contribution is -2.32. The van der Waals surface area contributed by atoms with Crippen LogP contribution in [-0.4, -0.2) is 34.6 Å². The van der Waals surface area contributed by atoms with Gasteiger partial charge in [-0.1, -0.05) is 42.0 Å². The number of aliphatic hydroxyl groups excluding tert-OH is 1. The average molecular weight is 381 g/mol. The zero-order valence-corrected chi connectivity index (χ0v) is 15.7. The molecule has 0 aliphatic carbocycles. The number of carbonyl (C=O) groups is 1. The summed E-state index contributed by atoms with van der Waals surface area (Å²) in [6.45, 7) is 2.30. The smallest absolute Gasteiger partial charge is 0.439 e. The molecule has 2 aromatic carbocycles. The van der Waals surface area contributed by atoms with Crippen LogP contribution >= 0.6 is 0 Å². The van der Waals surface area contributed by atoms with Crippen LogP contribution in [0.25, 0.3) is 11.1 Å². The maximum absolute atomic E-state index is 12.6. The standard InChI is InChI=1S/C21H23N3O4/c1-16-4-2-5-17(12-16)15-27-21(26)24(28-11-3-10-25)20-8-6-18(7-9-20)19-13-22-23-14-19/h2,4-9,12-14,25H,3,10-11,15H2,1H3,(H,22,23). The number of hydrogen-bond acceptors (Lipinski definition) is 5. The maximum Gasteiger partial charge on any atom is 0.439 e. The molecule has 1 amide bonds. The molecule has 7 heteroatoms. The van der Waals surface area contributed by atoms with E-state index in [2.05, 4.69) is 10.2 Å². The molecule has 3 aromatic rings. The lowest BCUT2D eigenvalue weighted by atomic mass is 10.1. The molecule has 0 bridgehead atoms. The summed E-state index contributed by atoms with van der Waals surface area (Å²) in [7, 11) is 0. The predicted octanol–water partition coefficient (Wildman–Crippen LogP) is 3.84. The molecule has 0 unspecified atom stereocenters. The zero-order valence-electron chi connectivity index (χ0n) is 15.7.